The number of hydrogen-bond donors (Lipinski definition) is 2. The lowest BCUT2D eigenvalue weighted by Crippen LogP contribution is -2.16. The van der Waals surface area contributed by atoms with Crippen LogP contribution < -0.4 is 0 Å². The molecule has 0 saturated carbocycles. The molecule has 2 N–H and O–H groups in total. The van der Waals surface area contributed by atoms with E-state index < -0.39 is 17.7 Å². The first kappa shape index (κ1) is 21.0. The fourth-order valence-electron chi connectivity index (χ4n) is 3.16. The number of halogens is 1. The molecule has 0 aliphatic heterocycles. The van der Waals surface area contributed by atoms with Crippen molar-refractivity contribution in [2.75, 3.05) is 0 Å². The lowest BCUT2D eigenvalue weighted by Gasteiger charge is -2.17. The van der Waals surface area contributed by atoms with Crippen LogP contribution in [0.5, 0.6) is 5.75 Å². The number of unbranched alkanes of at least 4 members (excludes halogenated alkanes) is 1. The predicted molar refractivity (Wildman–Crippen MR) is 107 cm³/mol. The Kier molecular flexibility index (Phi) is 7.43. The molecule has 0 radical (unpaired) electrons. The molecule has 0 amide bonds. The van der Waals surface area contributed by atoms with Crippen molar-refractivity contribution in [3.8, 4) is 5.75 Å². The van der Waals surface area contributed by atoms with E-state index in [9.17, 15) is 19.8 Å². The van der Waals surface area contributed by atoms with Crippen molar-refractivity contribution in [3.63, 3.8) is 0 Å². The molecule has 27 heavy (non-hydrogen) atoms. The number of carboxylic acid groups (broad SMARTS) is 1. The predicted octanol–water partition coefficient (Wildman–Crippen LogP) is 5.66. The molecule has 1 unspecified atom stereocenters. The van der Waals surface area contributed by atoms with Gasteiger partial charge in [0, 0.05) is 10.6 Å². The zero-order valence-corrected chi connectivity index (χ0v) is 16.4. The van der Waals surface area contributed by atoms with Gasteiger partial charge in [-0.1, -0.05) is 69.0 Å². The third-order valence-corrected chi connectivity index (χ3v) is 4.84. The van der Waals surface area contributed by atoms with E-state index in [4.69, 9.17) is 11.6 Å². The van der Waals surface area contributed by atoms with E-state index in [-0.39, 0.29) is 16.9 Å². The molecule has 0 heterocycles. The van der Waals surface area contributed by atoms with Crippen LogP contribution in [0.15, 0.2) is 42.5 Å². The van der Waals surface area contributed by atoms with Crippen LogP contribution in [0, 0.1) is 5.92 Å². The number of carboxylic acids is 1. The highest BCUT2D eigenvalue weighted by Crippen LogP contribution is 2.31. The van der Waals surface area contributed by atoms with Crippen LogP contribution in [0.2, 0.25) is 5.02 Å². The normalized spacial score (nSPS) is 12.1. The molecule has 5 heteroatoms. The van der Waals surface area contributed by atoms with Gasteiger partial charge in [0.2, 0.25) is 0 Å². The number of rotatable bonds is 9. The molecule has 0 aliphatic carbocycles. The zero-order valence-electron chi connectivity index (χ0n) is 15.6. The first-order chi connectivity index (χ1) is 12.8. The summed E-state index contributed by atoms with van der Waals surface area (Å²) in [6.45, 7) is 4.28. The average molecular weight is 389 g/mol. The average Bonchev–Trinajstić information content (AvgIpc) is 2.62. The van der Waals surface area contributed by atoms with Gasteiger partial charge >= 0.3 is 5.97 Å². The van der Waals surface area contributed by atoms with Crippen molar-refractivity contribution in [2.24, 2.45) is 5.92 Å². The molecule has 0 saturated heterocycles. The topological polar surface area (TPSA) is 74.6 Å². The Morgan fingerprint density at radius 2 is 1.67 bits per heavy atom. The highest BCUT2D eigenvalue weighted by atomic mass is 35.5. The Morgan fingerprint density at radius 3 is 2.33 bits per heavy atom. The van der Waals surface area contributed by atoms with E-state index in [0.717, 1.165) is 19.3 Å². The van der Waals surface area contributed by atoms with Gasteiger partial charge < -0.3 is 10.2 Å². The Balaban J connectivity index is 2.33. The van der Waals surface area contributed by atoms with Crippen molar-refractivity contribution >= 4 is 23.4 Å². The number of benzene rings is 2. The summed E-state index contributed by atoms with van der Waals surface area (Å²) in [6, 6.07) is 10.9. The number of carbonyl (C=O) groups is 2. The molecule has 0 bridgehead atoms. The van der Waals surface area contributed by atoms with E-state index in [1.165, 1.54) is 18.2 Å². The number of ketones is 1. The highest BCUT2D eigenvalue weighted by Gasteiger charge is 2.26. The smallest absolute Gasteiger partial charge is 0.310 e. The first-order valence-electron chi connectivity index (χ1n) is 9.16. The van der Waals surface area contributed by atoms with Crippen LogP contribution in [-0.2, 0) is 4.79 Å². The summed E-state index contributed by atoms with van der Waals surface area (Å²) in [5, 5.41) is 20.1. The minimum atomic E-state index is -0.949. The lowest BCUT2D eigenvalue weighted by molar-refractivity contribution is -0.139. The SMILES string of the molecule is CC(C)CCCCC(C(=O)O)c1ccccc1C(=O)c1cc(Cl)ccc1O. The molecule has 0 fully saturated rings. The molecule has 2 aromatic rings. The molecule has 2 aromatic carbocycles. The first-order valence-corrected chi connectivity index (χ1v) is 9.54. The van der Waals surface area contributed by atoms with Crippen molar-refractivity contribution < 1.29 is 19.8 Å². The van der Waals surface area contributed by atoms with E-state index >= 15 is 0 Å². The van der Waals surface area contributed by atoms with Gasteiger partial charge in [0.05, 0.1) is 11.5 Å². The fourth-order valence-corrected chi connectivity index (χ4v) is 3.33. The van der Waals surface area contributed by atoms with Gasteiger partial charge in [0.1, 0.15) is 5.75 Å². The maximum Gasteiger partial charge on any atom is 0.310 e. The molecule has 2 rings (SSSR count). The summed E-state index contributed by atoms with van der Waals surface area (Å²) >= 11 is 5.95. The quantitative estimate of drug-likeness (QED) is 0.429. The zero-order chi connectivity index (χ0) is 20.0. The largest absolute Gasteiger partial charge is 0.507 e. The maximum atomic E-state index is 13.0. The molecule has 0 aliphatic rings. The van der Waals surface area contributed by atoms with E-state index in [1.54, 1.807) is 24.3 Å². The maximum absolute atomic E-state index is 13.0. The molecule has 1 atom stereocenters. The van der Waals surface area contributed by atoms with Crippen molar-refractivity contribution in [1.29, 1.82) is 0 Å². The third kappa shape index (κ3) is 5.57. The summed E-state index contributed by atoms with van der Waals surface area (Å²) in [6.07, 6.45) is 3.24. The molecule has 0 aromatic heterocycles. The van der Waals surface area contributed by atoms with Gasteiger partial charge in [-0.25, -0.2) is 0 Å². The number of aromatic hydroxyl groups is 1. The van der Waals surface area contributed by atoms with Gasteiger partial charge in [0.15, 0.2) is 5.78 Å². The summed E-state index contributed by atoms with van der Waals surface area (Å²) < 4.78 is 0. The van der Waals surface area contributed by atoms with Crippen LogP contribution in [0.1, 0.15) is 66.9 Å². The Hall–Kier alpha value is -2.33. The van der Waals surface area contributed by atoms with Crippen molar-refractivity contribution in [3.05, 3.63) is 64.2 Å². The monoisotopic (exact) mass is 388 g/mol. The Labute approximate surface area is 164 Å². The minimum absolute atomic E-state index is 0.0684. The summed E-state index contributed by atoms with van der Waals surface area (Å²) in [4.78, 5) is 24.9. The number of phenols is 1. The van der Waals surface area contributed by atoms with Gasteiger partial charge in [-0.05, 0) is 36.1 Å². The van der Waals surface area contributed by atoms with Gasteiger partial charge in [-0.15, -0.1) is 0 Å². The van der Waals surface area contributed by atoms with Gasteiger partial charge in [-0.3, -0.25) is 9.59 Å². The van der Waals surface area contributed by atoms with Gasteiger partial charge in [0.25, 0.3) is 0 Å². The van der Waals surface area contributed by atoms with Crippen LogP contribution in [-0.4, -0.2) is 22.0 Å². The third-order valence-electron chi connectivity index (χ3n) is 4.61. The Morgan fingerprint density at radius 1 is 1.00 bits per heavy atom. The van der Waals surface area contributed by atoms with E-state index in [0.29, 0.717) is 22.9 Å². The number of carbonyl (C=O) groups excluding carboxylic acids is 1. The summed E-state index contributed by atoms with van der Waals surface area (Å²) in [5.74, 6) is -1.75. The van der Waals surface area contributed by atoms with Crippen LogP contribution in [0.4, 0.5) is 0 Å². The molecular formula is C22H25ClO4. The van der Waals surface area contributed by atoms with Crippen molar-refractivity contribution in [2.45, 2.75) is 45.4 Å². The number of hydrogen-bond acceptors (Lipinski definition) is 3. The highest BCUT2D eigenvalue weighted by molar-refractivity contribution is 6.31. The number of aliphatic carboxylic acids is 1. The summed E-state index contributed by atoms with van der Waals surface area (Å²) in [5.41, 5.74) is 0.823. The lowest BCUT2D eigenvalue weighted by atomic mass is 9.86. The Bertz CT molecular complexity index is 814. The van der Waals surface area contributed by atoms with E-state index in [2.05, 4.69) is 13.8 Å². The van der Waals surface area contributed by atoms with E-state index in [1.807, 2.05) is 0 Å². The van der Waals surface area contributed by atoms with Crippen LogP contribution in [0.25, 0.3) is 0 Å². The summed E-state index contributed by atoms with van der Waals surface area (Å²) in [7, 11) is 0. The molecular weight excluding hydrogens is 364 g/mol. The van der Waals surface area contributed by atoms with Crippen molar-refractivity contribution in [1.82, 2.24) is 0 Å². The molecule has 144 valence electrons. The van der Waals surface area contributed by atoms with Crippen LogP contribution in [0.3, 0.4) is 0 Å². The minimum Gasteiger partial charge on any atom is -0.507 e. The second-order valence-corrected chi connectivity index (χ2v) is 7.58. The fraction of sp³-hybridized carbons (Fsp3) is 0.364. The second-order valence-electron chi connectivity index (χ2n) is 7.15. The van der Waals surface area contributed by atoms with Crippen LogP contribution >= 0.6 is 11.6 Å². The standard InChI is InChI=1S/C22H25ClO4/c1-14(2)7-3-4-10-18(22(26)27)16-8-5-6-9-17(16)21(25)19-13-15(23)11-12-20(19)24/h5-6,8-9,11-14,18,24H,3-4,7,10H2,1-2H3,(H,26,27). The molecule has 0 spiro atoms. The molecule has 4 nitrogen and oxygen atoms in total. The van der Waals surface area contributed by atoms with Gasteiger partial charge in [-0.2, -0.15) is 0 Å². The second kappa shape index (κ2) is 9.56. The number of phenolic OH excluding ortho intramolecular Hbond substituents is 1.